The van der Waals surface area contributed by atoms with E-state index in [0.29, 0.717) is 27.3 Å². The number of nitrogens with zero attached hydrogens (tertiary/aromatic N) is 2. The number of fused-ring (bicyclic) bond motifs is 1. The van der Waals surface area contributed by atoms with Gasteiger partial charge in [0.15, 0.2) is 0 Å². The largest absolute Gasteiger partial charge is 0.481 e. The van der Waals surface area contributed by atoms with Gasteiger partial charge in [-0.1, -0.05) is 41.9 Å². The summed E-state index contributed by atoms with van der Waals surface area (Å²) in [7, 11) is 0. The van der Waals surface area contributed by atoms with E-state index in [1.807, 2.05) is 30.3 Å². The van der Waals surface area contributed by atoms with Crippen molar-refractivity contribution in [2.45, 2.75) is 12.5 Å². The molecule has 1 unspecified atom stereocenters. The first-order chi connectivity index (χ1) is 16.4. The molecule has 0 spiro atoms. The molecule has 0 aliphatic rings. The molecule has 0 saturated carbocycles. The maximum Gasteiger partial charge on any atom is 0.305 e. The molecule has 0 bridgehead atoms. The molecule has 8 nitrogen and oxygen atoms in total. The molecule has 1 atom stereocenters. The van der Waals surface area contributed by atoms with E-state index >= 15 is 0 Å². The second-order valence-corrected chi connectivity index (χ2v) is 8.05. The zero-order valence-corrected chi connectivity index (χ0v) is 18.7. The standard InChI is InChI=1S/C25H21ClN4O4/c26-18-8-6-17(7-9-18)25(34)27-14-23(31)29-19-10-11-20-22(12-19)30(15-28-20)21(13-24(32)33)16-4-2-1-3-5-16/h1-12,15,21H,13-14H2,(H,27,34)(H,29,31)(H,32,33). The van der Waals surface area contributed by atoms with E-state index in [0.717, 1.165) is 5.56 Å². The fraction of sp³-hybridized carbons (Fsp3) is 0.120. The van der Waals surface area contributed by atoms with E-state index in [4.69, 9.17) is 11.6 Å². The smallest absolute Gasteiger partial charge is 0.305 e. The highest BCUT2D eigenvalue weighted by Crippen LogP contribution is 2.28. The van der Waals surface area contributed by atoms with Crippen molar-refractivity contribution >= 4 is 46.1 Å². The molecule has 0 aliphatic carbocycles. The number of carbonyl (C=O) groups excluding carboxylic acids is 2. The molecule has 172 valence electrons. The molecule has 3 aromatic carbocycles. The quantitative estimate of drug-likeness (QED) is 0.354. The Labute approximate surface area is 200 Å². The number of halogens is 1. The number of hydrogen-bond donors (Lipinski definition) is 3. The number of aromatic nitrogens is 2. The highest BCUT2D eigenvalue weighted by atomic mass is 35.5. The van der Waals surface area contributed by atoms with Crippen LogP contribution in [0.15, 0.2) is 79.1 Å². The summed E-state index contributed by atoms with van der Waals surface area (Å²) in [6.07, 6.45) is 1.48. The van der Waals surface area contributed by atoms with Gasteiger partial charge in [0, 0.05) is 16.3 Å². The third kappa shape index (κ3) is 5.41. The van der Waals surface area contributed by atoms with Crippen molar-refractivity contribution < 1.29 is 19.5 Å². The number of rotatable bonds is 8. The van der Waals surface area contributed by atoms with Crippen molar-refractivity contribution in [2.24, 2.45) is 0 Å². The Bertz CT molecular complexity index is 1340. The van der Waals surface area contributed by atoms with Crippen LogP contribution in [0.4, 0.5) is 5.69 Å². The van der Waals surface area contributed by atoms with Crippen LogP contribution < -0.4 is 10.6 Å². The molecule has 9 heteroatoms. The van der Waals surface area contributed by atoms with E-state index in [1.165, 1.54) is 0 Å². The Hall–Kier alpha value is -4.17. The summed E-state index contributed by atoms with van der Waals surface area (Å²) in [4.78, 5) is 40.5. The molecule has 1 heterocycles. The second-order valence-electron chi connectivity index (χ2n) is 7.62. The lowest BCUT2D eigenvalue weighted by molar-refractivity contribution is -0.137. The SMILES string of the molecule is O=C(O)CC(c1ccccc1)n1cnc2ccc(NC(=O)CNC(=O)c3ccc(Cl)cc3)cc21. The molecule has 0 saturated heterocycles. The number of carbonyl (C=O) groups is 3. The Kier molecular flexibility index (Phi) is 6.89. The Morgan fingerprint density at radius 1 is 1.00 bits per heavy atom. The van der Waals surface area contributed by atoms with Crippen LogP contribution in [-0.2, 0) is 9.59 Å². The molecule has 0 aliphatic heterocycles. The van der Waals surface area contributed by atoms with Gasteiger partial charge < -0.3 is 20.3 Å². The fourth-order valence-electron chi connectivity index (χ4n) is 3.64. The highest BCUT2D eigenvalue weighted by molar-refractivity contribution is 6.30. The topological polar surface area (TPSA) is 113 Å². The molecular weight excluding hydrogens is 456 g/mol. The first-order valence-corrected chi connectivity index (χ1v) is 10.9. The van der Waals surface area contributed by atoms with Crippen molar-refractivity contribution in [3.05, 3.63) is 95.3 Å². The summed E-state index contributed by atoms with van der Waals surface area (Å²) in [6.45, 7) is -0.218. The van der Waals surface area contributed by atoms with Crippen molar-refractivity contribution in [2.75, 3.05) is 11.9 Å². The van der Waals surface area contributed by atoms with Crippen LogP contribution in [0.5, 0.6) is 0 Å². The third-order valence-electron chi connectivity index (χ3n) is 5.26. The van der Waals surface area contributed by atoms with Gasteiger partial charge in [-0.3, -0.25) is 14.4 Å². The molecule has 4 aromatic rings. The van der Waals surface area contributed by atoms with Gasteiger partial charge in [0.2, 0.25) is 5.91 Å². The number of anilines is 1. The second kappa shape index (κ2) is 10.2. The molecule has 3 N–H and O–H groups in total. The first kappa shape index (κ1) is 23.0. The predicted octanol–water partition coefficient (Wildman–Crippen LogP) is 4.12. The molecular formula is C25H21ClN4O4. The van der Waals surface area contributed by atoms with E-state index < -0.39 is 17.9 Å². The van der Waals surface area contributed by atoms with Crippen LogP contribution in [0.1, 0.15) is 28.4 Å². The highest BCUT2D eigenvalue weighted by Gasteiger charge is 2.20. The Balaban J connectivity index is 1.50. The van der Waals surface area contributed by atoms with Crippen LogP contribution in [0.2, 0.25) is 5.02 Å². The summed E-state index contributed by atoms with van der Waals surface area (Å²) >= 11 is 5.83. The maximum atomic E-state index is 12.4. The van der Waals surface area contributed by atoms with Crippen LogP contribution in [-0.4, -0.2) is 39.0 Å². The molecule has 34 heavy (non-hydrogen) atoms. The van der Waals surface area contributed by atoms with E-state index in [2.05, 4.69) is 15.6 Å². The summed E-state index contributed by atoms with van der Waals surface area (Å²) < 4.78 is 1.79. The van der Waals surface area contributed by atoms with Gasteiger partial charge in [-0.15, -0.1) is 0 Å². The van der Waals surface area contributed by atoms with E-state index in [1.54, 1.807) is 53.4 Å². The zero-order chi connectivity index (χ0) is 24.1. The van der Waals surface area contributed by atoms with Crippen LogP contribution in [0.25, 0.3) is 11.0 Å². The van der Waals surface area contributed by atoms with Crippen LogP contribution >= 0.6 is 11.6 Å². The maximum absolute atomic E-state index is 12.4. The van der Waals surface area contributed by atoms with Crippen molar-refractivity contribution in [1.29, 1.82) is 0 Å². The van der Waals surface area contributed by atoms with E-state index in [-0.39, 0.29) is 18.9 Å². The van der Waals surface area contributed by atoms with Crippen molar-refractivity contribution in [1.82, 2.24) is 14.9 Å². The predicted molar refractivity (Wildman–Crippen MR) is 129 cm³/mol. The summed E-state index contributed by atoms with van der Waals surface area (Å²) in [6, 6.07) is 20.4. The van der Waals surface area contributed by atoms with Gasteiger partial charge >= 0.3 is 5.97 Å². The molecule has 1 aromatic heterocycles. The fourth-order valence-corrected chi connectivity index (χ4v) is 3.76. The minimum Gasteiger partial charge on any atom is -0.481 e. The molecule has 0 radical (unpaired) electrons. The number of carboxylic acid groups (broad SMARTS) is 1. The Morgan fingerprint density at radius 2 is 1.74 bits per heavy atom. The van der Waals surface area contributed by atoms with Crippen molar-refractivity contribution in [3.8, 4) is 0 Å². The number of aliphatic carboxylic acids is 1. The lowest BCUT2D eigenvalue weighted by Gasteiger charge is -2.18. The zero-order valence-electron chi connectivity index (χ0n) is 17.9. The third-order valence-corrected chi connectivity index (χ3v) is 5.51. The van der Waals surface area contributed by atoms with Gasteiger partial charge in [-0.2, -0.15) is 0 Å². The normalized spacial score (nSPS) is 11.7. The first-order valence-electron chi connectivity index (χ1n) is 10.5. The average molecular weight is 477 g/mol. The summed E-state index contributed by atoms with van der Waals surface area (Å²) in [5.74, 6) is -1.73. The summed E-state index contributed by atoms with van der Waals surface area (Å²) in [5, 5.41) is 15.3. The van der Waals surface area contributed by atoms with Gasteiger partial charge in [0.25, 0.3) is 5.91 Å². The molecule has 4 rings (SSSR count). The lowest BCUT2D eigenvalue weighted by atomic mass is 10.0. The van der Waals surface area contributed by atoms with Gasteiger partial charge in [-0.25, -0.2) is 4.98 Å². The van der Waals surface area contributed by atoms with Gasteiger partial charge in [0.1, 0.15) is 0 Å². The summed E-state index contributed by atoms with van der Waals surface area (Å²) in [5.41, 5.74) is 3.08. The lowest BCUT2D eigenvalue weighted by Crippen LogP contribution is -2.32. The number of nitrogens with one attached hydrogen (secondary N) is 2. The minimum atomic E-state index is -0.934. The Morgan fingerprint density at radius 3 is 2.44 bits per heavy atom. The van der Waals surface area contributed by atoms with Gasteiger partial charge in [0.05, 0.1) is 36.4 Å². The number of imidazole rings is 1. The molecule has 2 amide bonds. The monoisotopic (exact) mass is 476 g/mol. The van der Waals surface area contributed by atoms with Crippen LogP contribution in [0.3, 0.4) is 0 Å². The van der Waals surface area contributed by atoms with Crippen molar-refractivity contribution in [3.63, 3.8) is 0 Å². The number of hydrogen-bond acceptors (Lipinski definition) is 4. The van der Waals surface area contributed by atoms with Gasteiger partial charge in [-0.05, 0) is 48.0 Å². The van der Waals surface area contributed by atoms with E-state index in [9.17, 15) is 19.5 Å². The number of carboxylic acids is 1. The minimum absolute atomic E-state index is 0.122. The average Bonchev–Trinajstić information content (AvgIpc) is 3.25. The molecule has 0 fully saturated rings. The number of amides is 2. The number of benzene rings is 3. The van der Waals surface area contributed by atoms with Crippen LogP contribution in [0, 0.1) is 0 Å².